The number of amides is 1. The summed E-state index contributed by atoms with van der Waals surface area (Å²) in [5.74, 6) is 1.13. The van der Waals surface area contributed by atoms with Crippen LogP contribution in [-0.4, -0.2) is 15.5 Å². The number of nitrogens with one attached hydrogen (secondary N) is 1. The molecule has 4 rings (SSSR count). The zero-order chi connectivity index (χ0) is 18.3. The van der Waals surface area contributed by atoms with Crippen LogP contribution in [0.2, 0.25) is 10.0 Å². The van der Waals surface area contributed by atoms with Crippen molar-refractivity contribution in [1.82, 2.24) is 14.9 Å². The highest BCUT2D eigenvalue weighted by Gasteiger charge is 2.31. The van der Waals surface area contributed by atoms with E-state index in [9.17, 15) is 4.79 Å². The molecule has 6 heteroatoms. The van der Waals surface area contributed by atoms with E-state index in [0.717, 1.165) is 35.3 Å². The number of imidazole rings is 1. The fourth-order valence-electron chi connectivity index (χ4n) is 3.15. The van der Waals surface area contributed by atoms with Crippen LogP contribution in [0.5, 0.6) is 0 Å². The maximum Gasteiger partial charge on any atom is 0.223 e. The lowest BCUT2D eigenvalue weighted by Crippen LogP contribution is -2.29. The van der Waals surface area contributed by atoms with Crippen LogP contribution in [0.15, 0.2) is 42.5 Å². The molecule has 1 fully saturated rings. The third-order valence-electron chi connectivity index (χ3n) is 4.70. The van der Waals surface area contributed by atoms with Crippen molar-refractivity contribution in [3.63, 3.8) is 0 Å². The summed E-state index contributed by atoms with van der Waals surface area (Å²) in [5, 5.41) is 4.17. The van der Waals surface area contributed by atoms with E-state index in [2.05, 4.69) is 9.88 Å². The molecule has 1 aliphatic rings. The number of carbonyl (C=O) groups excluding carboxylic acids is 1. The Balaban J connectivity index is 1.70. The number of fused-ring (bicyclic) bond motifs is 1. The van der Waals surface area contributed by atoms with Crippen molar-refractivity contribution < 1.29 is 4.79 Å². The van der Waals surface area contributed by atoms with Gasteiger partial charge >= 0.3 is 0 Å². The van der Waals surface area contributed by atoms with Crippen LogP contribution in [-0.2, 0) is 11.3 Å². The highest BCUT2D eigenvalue weighted by molar-refractivity contribution is 6.42. The summed E-state index contributed by atoms with van der Waals surface area (Å²) in [6.45, 7) is 2.59. The molecule has 26 heavy (non-hydrogen) atoms. The van der Waals surface area contributed by atoms with E-state index < -0.39 is 0 Å². The number of halogens is 2. The van der Waals surface area contributed by atoms with Crippen molar-refractivity contribution >= 4 is 40.1 Å². The summed E-state index contributed by atoms with van der Waals surface area (Å²) in [4.78, 5) is 16.9. The van der Waals surface area contributed by atoms with E-state index >= 15 is 0 Å². The van der Waals surface area contributed by atoms with Crippen LogP contribution in [0.4, 0.5) is 0 Å². The van der Waals surface area contributed by atoms with E-state index in [4.69, 9.17) is 28.2 Å². The Labute approximate surface area is 162 Å². The average Bonchev–Trinajstić information content (AvgIpc) is 3.41. The Bertz CT molecular complexity index is 978. The summed E-state index contributed by atoms with van der Waals surface area (Å²) in [7, 11) is 0. The van der Waals surface area contributed by atoms with Crippen molar-refractivity contribution in [1.29, 1.82) is 0 Å². The number of hydrogen-bond acceptors (Lipinski definition) is 2. The molecule has 1 N–H and O–H groups in total. The highest BCUT2D eigenvalue weighted by atomic mass is 35.5. The minimum atomic E-state index is -0.168. The standard InChI is InChI=1S/C20H19Cl2N3O/c1-12(23-20(26)14-7-8-14)19-24-17-4-2-3-5-18(17)25(19)11-13-6-9-15(21)16(22)10-13/h2-6,9-10,12,14H,7-8,11H2,1H3,(H,23,26). The van der Waals surface area contributed by atoms with Gasteiger partial charge < -0.3 is 9.88 Å². The molecular formula is C20H19Cl2N3O. The van der Waals surface area contributed by atoms with Crippen LogP contribution in [0.3, 0.4) is 0 Å². The maximum absolute atomic E-state index is 12.2. The van der Waals surface area contributed by atoms with Gasteiger partial charge in [-0.15, -0.1) is 0 Å². The van der Waals surface area contributed by atoms with Crippen LogP contribution >= 0.6 is 23.2 Å². The SMILES string of the molecule is CC(NC(=O)C1CC1)c1nc2ccccc2n1Cc1ccc(Cl)c(Cl)c1. The lowest BCUT2D eigenvalue weighted by molar-refractivity contribution is -0.123. The summed E-state index contributed by atoms with van der Waals surface area (Å²) in [6.07, 6.45) is 1.97. The van der Waals surface area contributed by atoms with Crippen LogP contribution in [0, 0.1) is 5.92 Å². The average molecular weight is 388 g/mol. The van der Waals surface area contributed by atoms with Gasteiger partial charge in [-0.05, 0) is 49.6 Å². The van der Waals surface area contributed by atoms with Gasteiger partial charge in [0.15, 0.2) is 0 Å². The van der Waals surface area contributed by atoms with Gasteiger partial charge in [-0.25, -0.2) is 4.98 Å². The maximum atomic E-state index is 12.2. The molecule has 134 valence electrons. The van der Waals surface area contributed by atoms with E-state index in [1.54, 1.807) is 6.07 Å². The predicted molar refractivity (Wildman–Crippen MR) is 105 cm³/mol. The van der Waals surface area contributed by atoms with Gasteiger partial charge in [0.2, 0.25) is 5.91 Å². The molecule has 1 saturated carbocycles. The monoisotopic (exact) mass is 387 g/mol. The largest absolute Gasteiger partial charge is 0.346 e. The number of rotatable bonds is 5. The molecule has 1 heterocycles. The molecule has 0 spiro atoms. The van der Waals surface area contributed by atoms with Crippen molar-refractivity contribution in [2.24, 2.45) is 5.92 Å². The lowest BCUT2D eigenvalue weighted by Gasteiger charge is -2.16. The third-order valence-corrected chi connectivity index (χ3v) is 5.44. The van der Waals surface area contributed by atoms with Gasteiger partial charge in [0, 0.05) is 12.5 Å². The first-order chi connectivity index (χ1) is 12.5. The van der Waals surface area contributed by atoms with E-state index in [1.807, 2.05) is 43.3 Å². The number of para-hydroxylation sites is 2. The van der Waals surface area contributed by atoms with E-state index in [0.29, 0.717) is 16.6 Å². The summed E-state index contributed by atoms with van der Waals surface area (Å²) in [6, 6.07) is 13.5. The van der Waals surface area contributed by atoms with Gasteiger partial charge in [-0.3, -0.25) is 4.79 Å². The Hall–Kier alpha value is -2.04. The van der Waals surface area contributed by atoms with Crippen molar-refractivity contribution in [3.8, 4) is 0 Å². The van der Waals surface area contributed by atoms with Gasteiger partial charge in [0.05, 0.1) is 27.1 Å². The number of hydrogen-bond donors (Lipinski definition) is 1. The second-order valence-corrected chi connectivity index (χ2v) is 7.61. The van der Waals surface area contributed by atoms with E-state index in [-0.39, 0.29) is 17.9 Å². The first kappa shape index (κ1) is 17.4. The normalized spacial score (nSPS) is 15.2. The van der Waals surface area contributed by atoms with Crippen molar-refractivity contribution in [3.05, 3.63) is 63.9 Å². The zero-order valence-corrected chi connectivity index (χ0v) is 15.9. The summed E-state index contributed by atoms with van der Waals surface area (Å²) in [5.41, 5.74) is 2.97. The van der Waals surface area contributed by atoms with Crippen molar-refractivity contribution in [2.45, 2.75) is 32.4 Å². The molecular weight excluding hydrogens is 369 g/mol. The topological polar surface area (TPSA) is 46.9 Å². The van der Waals surface area contributed by atoms with Crippen molar-refractivity contribution in [2.75, 3.05) is 0 Å². The minimum absolute atomic E-state index is 0.116. The van der Waals surface area contributed by atoms with Crippen LogP contribution < -0.4 is 5.32 Å². The summed E-state index contributed by atoms with van der Waals surface area (Å²) < 4.78 is 2.13. The molecule has 0 aliphatic heterocycles. The Kier molecular flexibility index (Phi) is 4.63. The second kappa shape index (κ2) is 6.93. The molecule has 1 atom stereocenters. The molecule has 0 saturated heterocycles. The fraction of sp³-hybridized carbons (Fsp3) is 0.300. The number of benzene rings is 2. The molecule has 0 bridgehead atoms. The zero-order valence-electron chi connectivity index (χ0n) is 14.4. The van der Waals surface area contributed by atoms with Gasteiger partial charge in [-0.2, -0.15) is 0 Å². The Morgan fingerprint density at radius 1 is 1.23 bits per heavy atom. The minimum Gasteiger partial charge on any atom is -0.346 e. The fourth-order valence-corrected chi connectivity index (χ4v) is 3.47. The molecule has 0 radical (unpaired) electrons. The number of carbonyl (C=O) groups is 1. The Morgan fingerprint density at radius 2 is 2.00 bits per heavy atom. The van der Waals surface area contributed by atoms with Gasteiger partial charge in [0.25, 0.3) is 0 Å². The molecule has 4 nitrogen and oxygen atoms in total. The Morgan fingerprint density at radius 3 is 2.73 bits per heavy atom. The highest BCUT2D eigenvalue weighted by Crippen LogP contribution is 2.30. The smallest absolute Gasteiger partial charge is 0.223 e. The molecule has 1 unspecified atom stereocenters. The van der Waals surface area contributed by atoms with Crippen LogP contribution in [0.25, 0.3) is 11.0 Å². The molecule has 1 aromatic heterocycles. The quantitative estimate of drug-likeness (QED) is 0.670. The molecule has 3 aromatic rings. The van der Waals surface area contributed by atoms with Gasteiger partial charge in [-0.1, -0.05) is 41.4 Å². The van der Waals surface area contributed by atoms with E-state index in [1.165, 1.54) is 0 Å². The second-order valence-electron chi connectivity index (χ2n) is 6.80. The van der Waals surface area contributed by atoms with Crippen LogP contribution in [0.1, 0.15) is 37.2 Å². The predicted octanol–water partition coefficient (Wildman–Crippen LogP) is 4.98. The lowest BCUT2D eigenvalue weighted by atomic mass is 10.2. The number of aromatic nitrogens is 2. The third kappa shape index (κ3) is 3.44. The molecule has 1 amide bonds. The number of nitrogens with zero attached hydrogens (tertiary/aromatic N) is 2. The molecule has 2 aromatic carbocycles. The first-order valence-electron chi connectivity index (χ1n) is 8.72. The summed E-state index contributed by atoms with van der Waals surface area (Å²) >= 11 is 12.2. The first-order valence-corrected chi connectivity index (χ1v) is 9.48. The van der Waals surface area contributed by atoms with Gasteiger partial charge in [0.1, 0.15) is 5.82 Å². The molecule has 1 aliphatic carbocycles.